The molecular weight excluding hydrogens is 236 g/mol. The lowest BCUT2D eigenvalue weighted by molar-refractivity contribution is -0.147. The van der Waals surface area contributed by atoms with Gasteiger partial charge >= 0.3 is 5.97 Å². The van der Waals surface area contributed by atoms with Gasteiger partial charge in [0.05, 0.1) is 13.0 Å². The van der Waals surface area contributed by atoms with Gasteiger partial charge in [0.25, 0.3) is 5.91 Å². The molecule has 1 aliphatic carbocycles. The number of hydrogen-bond acceptors (Lipinski definition) is 5. The van der Waals surface area contributed by atoms with Gasteiger partial charge < -0.3 is 14.6 Å². The molecule has 1 N–H and O–H groups in total. The molecule has 2 rings (SSSR count). The number of methoxy groups -OCH3 is 1. The maximum absolute atomic E-state index is 11.8. The lowest BCUT2D eigenvalue weighted by atomic mass is 9.84. The average molecular weight is 252 g/mol. The summed E-state index contributed by atoms with van der Waals surface area (Å²) >= 11 is 0. The molecule has 1 aliphatic rings. The maximum Gasteiger partial charge on any atom is 0.310 e. The zero-order valence-electron chi connectivity index (χ0n) is 10.2. The number of amides is 1. The fourth-order valence-corrected chi connectivity index (χ4v) is 2.31. The fourth-order valence-electron chi connectivity index (χ4n) is 2.31. The van der Waals surface area contributed by atoms with Gasteiger partial charge in [0.2, 0.25) is 0 Å². The summed E-state index contributed by atoms with van der Waals surface area (Å²) in [4.78, 5) is 23.5. The molecule has 2 atom stereocenters. The quantitative estimate of drug-likeness (QED) is 0.816. The summed E-state index contributed by atoms with van der Waals surface area (Å²) in [6, 6.07) is 1.31. The zero-order valence-corrected chi connectivity index (χ0v) is 10.2. The summed E-state index contributed by atoms with van der Waals surface area (Å²) in [5.74, 6) is -0.843. The Labute approximate surface area is 105 Å². The molecule has 0 bridgehead atoms. The molecule has 98 valence electrons. The van der Waals surface area contributed by atoms with Crippen molar-refractivity contribution in [2.75, 3.05) is 7.11 Å². The van der Waals surface area contributed by atoms with Crippen LogP contribution in [0.2, 0.25) is 0 Å². The summed E-state index contributed by atoms with van der Waals surface area (Å²) in [7, 11) is 1.37. The topological polar surface area (TPSA) is 81.4 Å². The van der Waals surface area contributed by atoms with E-state index in [9.17, 15) is 9.59 Å². The highest BCUT2D eigenvalue weighted by Gasteiger charge is 2.33. The number of rotatable bonds is 3. The number of carbonyl (C=O) groups is 2. The Morgan fingerprint density at radius 2 is 2.22 bits per heavy atom. The number of esters is 1. The highest BCUT2D eigenvalue weighted by Crippen LogP contribution is 2.25. The lowest BCUT2D eigenvalue weighted by Crippen LogP contribution is -2.45. The van der Waals surface area contributed by atoms with Crippen molar-refractivity contribution in [2.45, 2.75) is 31.7 Å². The van der Waals surface area contributed by atoms with E-state index >= 15 is 0 Å². The van der Waals surface area contributed by atoms with Crippen molar-refractivity contribution in [1.29, 1.82) is 0 Å². The van der Waals surface area contributed by atoms with Crippen molar-refractivity contribution < 1.29 is 18.8 Å². The van der Waals surface area contributed by atoms with Crippen molar-refractivity contribution in [3.8, 4) is 0 Å². The monoisotopic (exact) mass is 252 g/mol. The molecule has 1 amide bonds. The van der Waals surface area contributed by atoms with Gasteiger partial charge in [-0.2, -0.15) is 0 Å². The van der Waals surface area contributed by atoms with Gasteiger partial charge in [-0.05, 0) is 12.8 Å². The van der Waals surface area contributed by atoms with Crippen LogP contribution in [0.25, 0.3) is 0 Å². The summed E-state index contributed by atoms with van der Waals surface area (Å²) < 4.78 is 9.39. The van der Waals surface area contributed by atoms with Gasteiger partial charge in [0.15, 0.2) is 5.69 Å². The van der Waals surface area contributed by atoms with E-state index in [4.69, 9.17) is 4.74 Å². The Kier molecular flexibility index (Phi) is 3.96. The molecule has 6 heteroatoms. The average Bonchev–Trinajstić information content (AvgIpc) is 2.92. The van der Waals surface area contributed by atoms with Crippen LogP contribution in [0.3, 0.4) is 0 Å². The number of nitrogens with zero attached hydrogens (tertiary/aromatic N) is 1. The lowest BCUT2D eigenvalue weighted by Gasteiger charge is -2.29. The van der Waals surface area contributed by atoms with Crippen molar-refractivity contribution in [3.05, 3.63) is 18.0 Å². The van der Waals surface area contributed by atoms with E-state index in [1.807, 2.05) is 0 Å². The number of ether oxygens (including phenoxy) is 1. The van der Waals surface area contributed by atoms with E-state index in [-0.39, 0.29) is 29.5 Å². The van der Waals surface area contributed by atoms with E-state index < -0.39 is 0 Å². The molecule has 1 heterocycles. The van der Waals surface area contributed by atoms with Gasteiger partial charge in [-0.15, -0.1) is 0 Å². The fraction of sp³-hybridized carbons (Fsp3) is 0.583. The number of carbonyl (C=O) groups excluding carboxylic acids is 2. The smallest absolute Gasteiger partial charge is 0.310 e. The van der Waals surface area contributed by atoms with Crippen LogP contribution in [0.5, 0.6) is 0 Å². The third-order valence-corrected chi connectivity index (χ3v) is 3.26. The normalized spacial score (nSPS) is 23.4. The van der Waals surface area contributed by atoms with Crippen LogP contribution in [0.15, 0.2) is 16.9 Å². The largest absolute Gasteiger partial charge is 0.469 e. The number of aromatic nitrogens is 1. The molecule has 0 spiro atoms. The van der Waals surface area contributed by atoms with Gasteiger partial charge in [-0.25, -0.2) is 0 Å². The first-order valence-electron chi connectivity index (χ1n) is 6.01. The van der Waals surface area contributed by atoms with Crippen LogP contribution in [0.4, 0.5) is 0 Å². The Morgan fingerprint density at radius 3 is 2.89 bits per heavy atom. The third kappa shape index (κ3) is 2.69. The van der Waals surface area contributed by atoms with Gasteiger partial charge in [-0.1, -0.05) is 18.0 Å². The first-order valence-corrected chi connectivity index (χ1v) is 6.01. The van der Waals surface area contributed by atoms with E-state index in [0.717, 1.165) is 25.7 Å². The Bertz CT molecular complexity index is 416. The molecule has 1 aromatic rings. The van der Waals surface area contributed by atoms with Crippen LogP contribution in [-0.4, -0.2) is 30.2 Å². The molecule has 1 saturated carbocycles. The van der Waals surface area contributed by atoms with Crippen LogP contribution < -0.4 is 5.32 Å². The Morgan fingerprint density at radius 1 is 1.44 bits per heavy atom. The maximum atomic E-state index is 11.8. The van der Waals surface area contributed by atoms with Crippen LogP contribution in [-0.2, 0) is 9.53 Å². The summed E-state index contributed by atoms with van der Waals surface area (Å²) in [6.07, 6.45) is 4.85. The molecule has 1 aromatic heterocycles. The summed E-state index contributed by atoms with van der Waals surface area (Å²) in [5, 5.41) is 6.39. The molecular formula is C12H16N2O4. The van der Waals surface area contributed by atoms with Crippen LogP contribution >= 0.6 is 0 Å². The summed E-state index contributed by atoms with van der Waals surface area (Å²) in [5.41, 5.74) is 0.226. The van der Waals surface area contributed by atoms with Crippen molar-refractivity contribution in [1.82, 2.24) is 10.5 Å². The van der Waals surface area contributed by atoms with Crippen LogP contribution in [0.1, 0.15) is 36.2 Å². The highest BCUT2D eigenvalue weighted by molar-refractivity contribution is 5.92. The van der Waals surface area contributed by atoms with Crippen molar-refractivity contribution in [3.63, 3.8) is 0 Å². The molecule has 18 heavy (non-hydrogen) atoms. The standard InChI is InChI=1S/C12H16N2O4/c1-17-12(16)8-4-2-3-5-9(8)13-11(15)10-6-7-18-14-10/h6-9H,2-5H2,1H3,(H,13,15). The Hall–Kier alpha value is -1.85. The SMILES string of the molecule is COC(=O)C1CCCCC1NC(=O)c1ccon1. The molecule has 6 nitrogen and oxygen atoms in total. The second-order valence-electron chi connectivity index (χ2n) is 4.38. The van der Waals surface area contributed by atoms with Gasteiger partial charge in [-0.3, -0.25) is 9.59 Å². The summed E-state index contributed by atoms with van der Waals surface area (Å²) in [6.45, 7) is 0. The van der Waals surface area contributed by atoms with E-state index in [1.165, 1.54) is 19.4 Å². The minimum absolute atomic E-state index is 0.185. The van der Waals surface area contributed by atoms with Gasteiger partial charge in [0.1, 0.15) is 6.26 Å². The molecule has 0 radical (unpaired) electrons. The Balaban J connectivity index is 2.01. The van der Waals surface area contributed by atoms with E-state index in [0.29, 0.717) is 0 Å². The minimum atomic E-state index is -0.315. The zero-order chi connectivity index (χ0) is 13.0. The first kappa shape index (κ1) is 12.6. The second-order valence-corrected chi connectivity index (χ2v) is 4.38. The van der Waals surface area contributed by atoms with Crippen molar-refractivity contribution >= 4 is 11.9 Å². The van der Waals surface area contributed by atoms with Crippen LogP contribution in [0, 0.1) is 5.92 Å². The highest BCUT2D eigenvalue weighted by atomic mass is 16.5. The predicted molar refractivity (Wildman–Crippen MR) is 61.7 cm³/mol. The third-order valence-electron chi connectivity index (χ3n) is 3.26. The molecule has 0 aliphatic heterocycles. The predicted octanol–water partition coefficient (Wildman–Crippen LogP) is 1.14. The van der Waals surface area contributed by atoms with Crippen molar-refractivity contribution in [2.24, 2.45) is 5.92 Å². The van der Waals surface area contributed by atoms with E-state index in [2.05, 4.69) is 15.0 Å². The van der Waals surface area contributed by atoms with E-state index in [1.54, 1.807) is 0 Å². The molecule has 0 saturated heterocycles. The number of hydrogen-bond donors (Lipinski definition) is 1. The molecule has 1 fully saturated rings. The van der Waals surface area contributed by atoms with Gasteiger partial charge in [0, 0.05) is 12.1 Å². The first-order chi connectivity index (χ1) is 8.72. The molecule has 0 aromatic carbocycles. The number of nitrogens with one attached hydrogen (secondary N) is 1. The second kappa shape index (κ2) is 5.66. The minimum Gasteiger partial charge on any atom is -0.469 e. The molecule has 2 unspecified atom stereocenters.